The van der Waals surface area contributed by atoms with Crippen LogP contribution in [0, 0.1) is 6.92 Å². The van der Waals surface area contributed by atoms with Gasteiger partial charge in [-0.3, -0.25) is 9.36 Å². The molecule has 0 fully saturated rings. The van der Waals surface area contributed by atoms with Gasteiger partial charge in [-0.2, -0.15) is 0 Å². The Morgan fingerprint density at radius 3 is 2.63 bits per heavy atom. The summed E-state index contributed by atoms with van der Waals surface area (Å²) in [7, 11) is 4.06. The van der Waals surface area contributed by atoms with Crippen LogP contribution in [0.15, 0.2) is 70.2 Å². The van der Waals surface area contributed by atoms with E-state index >= 15 is 0 Å². The topological polar surface area (TPSA) is 86.5 Å². The first-order chi connectivity index (χ1) is 16.8. The number of halogens is 1. The van der Waals surface area contributed by atoms with Gasteiger partial charge in [0.05, 0.1) is 5.52 Å². The van der Waals surface area contributed by atoms with E-state index in [0.29, 0.717) is 5.82 Å². The summed E-state index contributed by atoms with van der Waals surface area (Å²) in [5.41, 5.74) is 2.88. The molecule has 0 amide bonds. The van der Waals surface area contributed by atoms with Gasteiger partial charge in [0.25, 0.3) is 0 Å². The summed E-state index contributed by atoms with van der Waals surface area (Å²) in [6.07, 6.45) is 1.95. The minimum atomic E-state index is -0.892. The van der Waals surface area contributed by atoms with Crippen LogP contribution in [-0.4, -0.2) is 64.5 Å². The highest BCUT2D eigenvalue weighted by Gasteiger charge is 2.15. The van der Waals surface area contributed by atoms with Crippen LogP contribution in [0.1, 0.15) is 5.56 Å². The van der Waals surface area contributed by atoms with Crippen LogP contribution < -0.4 is 9.62 Å². The number of rotatable bonds is 10. The van der Waals surface area contributed by atoms with Crippen molar-refractivity contribution in [3.63, 3.8) is 0 Å². The molecular weight excluding hydrogens is 528 g/mol. The van der Waals surface area contributed by atoms with Gasteiger partial charge in [-0.15, -0.1) is 10.2 Å². The van der Waals surface area contributed by atoms with Gasteiger partial charge in [-0.1, -0.05) is 15.9 Å². The summed E-state index contributed by atoms with van der Waals surface area (Å²) < 4.78 is 4.72. The molecule has 0 aliphatic carbocycles. The molecule has 0 spiro atoms. The van der Waals surface area contributed by atoms with Gasteiger partial charge in [-0.25, -0.2) is 0 Å². The third kappa shape index (κ3) is 6.53. The van der Waals surface area contributed by atoms with Crippen LogP contribution in [0.5, 0.6) is 0 Å². The number of fused-ring (bicyclic) bond motifs is 1. The van der Waals surface area contributed by atoms with E-state index in [1.165, 1.54) is 11.9 Å². The molecule has 0 saturated carbocycles. The molecule has 0 bridgehead atoms. The number of carboxylic acids is 1. The highest BCUT2D eigenvalue weighted by molar-refractivity contribution is 9.10. The standard InChI is InChI=1S/C25H27BrN6O2S/c1-17-12-19(26)15-21(13-17)35-32(16-25(33)34)20-4-5-22-18(14-20)8-10-31(22)24-7-6-23(28-29-24)27-9-11-30(2)3/h4-8,10,12-15H,9,11,16H2,1-3H3,(H,27,28)(H,33,34). The molecular formula is C25H27BrN6O2S. The van der Waals surface area contributed by atoms with Crippen LogP contribution in [0.3, 0.4) is 0 Å². The summed E-state index contributed by atoms with van der Waals surface area (Å²) in [5.74, 6) is 0.558. The number of aromatic nitrogens is 3. The van der Waals surface area contributed by atoms with Crippen molar-refractivity contribution in [3.8, 4) is 5.82 Å². The lowest BCUT2D eigenvalue weighted by Crippen LogP contribution is -2.22. The summed E-state index contributed by atoms with van der Waals surface area (Å²) in [6.45, 7) is 3.59. The molecule has 0 atom stereocenters. The van der Waals surface area contributed by atoms with Crippen molar-refractivity contribution in [2.45, 2.75) is 11.8 Å². The van der Waals surface area contributed by atoms with Crippen LogP contribution >= 0.6 is 27.9 Å². The smallest absolute Gasteiger partial charge is 0.324 e. The molecule has 2 aromatic heterocycles. The zero-order chi connectivity index (χ0) is 24.9. The number of anilines is 2. The van der Waals surface area contributed by atoms with Gasteiger partial charge in [0.1, 0.15) is 12.4 Å². The van der Waals surface area contributed by atoms with E-state index in [-0.39, 0.29) is 6.54 Å². The molecule has 0 saturated heterocycles. The predicted octanol–water partition coefficient (Wildman–Crippen LogP) is 5.06. The number of aliphatic carboxylic acids is 1. The van der Waals surface area contributed by atoms with Crippen molar-refractivity contribution in [1.29, 1.82) is 0 Å². The van der Waals surface area contributed by atoms with Crippen molar-refractivity contribution >= 4 is 56.3 Å². The normalized spacial score (nSPS) is 11.2. The van der Waals surface area contributed by atoms with Crippen LogP contribution in [0.2, 0.25) is 0 Å². The Morgan fingerprint density at radius 2 is 1.94 bits per heavy atom. The number of hydrogen-bond donors (Lipinski definition) is 2. The van der Waals surface area contributed by atoms with E-state index < -0.39 is 5.97 Å². The second kappa shape index (κ2) is 11.1. The average molecular weight is 556 g/mol. The molecule has 182 valence electrons. The first-order valence-electron chi connectivity index (χ1n) is 11.1. The van der Waals surface area contributed by atoms with Gasteiger partial charge >= 0.3 is 5.97 Å². The third-order valence-electron chi connectivity index (χ3n) is 5.23. The number of carbonyl (C=O) groups is 1. The van der Waals surface area contributed by atoms with E-state index in [1.807, 2.05) is 86.4 Å². The number of aryl methyl sites for hydroxylation is 1. The van der Waals surface area contributed by atoms with Crippen LogP contribution in [0.4, 0.5) is 11.5 Å². The molecule has 4 aromatic rings. The Balaban J connectivity index is 1.57. The molecule has 0 unspecified atom stereocenters. The average Bonchev–Trinajstić information content (AvgIpc) is 3.21. The van der Waals surface area contributed by atoms with E-state index in [9.17, 15) is 9.90 Å². The number of carboxylic acid groups (broad SMARTS) is 1. The maximum Gasteiger partial charge on any atom is 0.324 e. The van der Waals surface area contributed by atoms with Crippen molar-refractivity contribution < 1.29 is 9.90 Å². The molecule has 0 aliphatic rings. The third-order valence-corrected chi connectivity index (χ3v) is 6.70. The molecule has 2 heterocycles. The minimum Gasteiger partial charge on any atom is -0.480 e. The second-order valence-corrected chi connectivity index (χ2v) is 10.4. The fraction of sp³-hybridized carbons (Fsp3) is 0.240. The molecule has 4 rings (SSSR count). The fourth-order valence-corrected chi connectivity index (χ4v) is 5.45. The fourth-order valence-electron chi connectivity index (χ4n) is 3.62. The number of benzene rings is 2. The van der Waals surface area contributed by atoms with Crippen LogP contribution in [-0.2, 0) is 4.79 Å². The maximum atomic E-state index is 11.6. The monoisotopic (exact) mass is 554 g/mol. The number of nitrogens with zero attached hydrogens (tertiary/aromatic N) is 5. The zero-order valence-electron chi connectivity index (χ0n) is 19.8. The van der Waals surface area contributed by atoms with Gasteiger partial charge in [0, 0.05) is 39.7 Å². The van der Waals surface area contributed by atoms with E-state index in [2.05, 4.69) is 36.3 Å². The summed E-state index contributed by atoms with van der Waals surface area (Å²) in [6, 6.07) is 17.8. The van der Waals surface area contributed by atoms with Crippen molar-refractivity contribution in [3.05, 3.63) is 70.8 Å². The Bertz CT molecular complexity index is 1310. The largest absolute Gasteiger partial charge is 0.480 e. The van der Waals surface area contributed by atoms with Crippen LogP contribution in [0.25, 0.3) is 16.7 Å². The predicted molar refractivity (Wildman–Crippen MR) is 146 cm³/mol. The highest BCUT2D eigenvalue weighted by atomic mass is 79.9. The number of likely N-dealkylation sites (N-methyl/N-ethyl adjacent to an activating group) is 1. The quantitative estimate of drug-likeness (QED) is 0.263. The van der Waals surface area contributed by atoms with E-state index in [1.54, 1.807) is 4.31 Å². The lowest BCUT2D eigenvalue weighted by molar-refractivity contribution is -0.135. The lowest BCUT2D eigenvalue weighted by atomic mass is 10.2. The SMILES string of the molecule is Cc1cc(Br)cc(SN(CC(=O)O)c2ccc3c(ccn3-c3ccc(NCCN(C)C)nn3)c2)c1. The first kappa shape index (κ1) is 25.0. The maximum absolute atomic E-state index is 11.6. The summed E-state index contributed by atoms with van der Waals surface area (Å²) in [5, 5.41) is 22.4. The van der Waals surface area contributed by atoms with Crippen molar-refractivity contribution in [2.75, 3.05) is 43.4 Å². The number of nitrogens with one attached hydrogen (secondary N) is 1. The molecule has 8 nitrogen and oxygen atoms in total. The van der Waals surface area contributed by atoms with Gasteiger partial charge in [0.15, 0.2) is 5.82 Å². The van der Waals surface area contributed by atoms with Gasteiger partial charge in [-0.05, 0) is 93.1 Å². The summed E-state index contributed by atoms with van der Waals surface area (Å²) in [4.78, 5) is 14.7. The van der Waals surface area contributed by atoms with E-state index in [4.69, 9.17) is 0 Å². The zero-order valence-corrected chi connectivity index (χ0v) is 22.2. The second-order valence-electron chi connectivity index (χ2n) is 8.42. The highest BCUT2D eigenvalue weighted by Crippen LogP contribution is 2.33. The molecule has 0 radical (unpaired) electrons. The minimum absolute atomic E-state index is 0.129. The molecule has 2 N–H and O–H groups in total. The van der Waals surface area contributed by atoms with Gasteiger partial charge in [0.2, 0.25) is 0 Å². The summed E-state index contributed by atoms with van der Waals surface area (Å²) >= 11 is 4.93. The van der Waals surface area contributed by atoms with Gasteiger partial charge < -0.3 is 19.6 Å². The Morgan fingerprint density at radius 1 is 1.11 bits per heavy atom. The van der Waals surface area contributed by atoms with Crippen molar-refractivity contribution in [1.82, 2.24) is 19.7 Å². The van der Waals surface area contributed by atoms with E-state index in [0.717, 1.165) is 50.4 Å². The molecule has 0 aliphatic heterocycles. The molecule has 35 heavy (non-hydrogen) atoms. The molecule has 10 heteroatoms. The van der Waals surface area contributed by atoms with Crippen molar-refractivity contribution in [2.24, 2.45) is 0 Å². The Kier molecular flexibility index (Phi) is 7.94. The first-order valence-corrected chi connectivity index (χ1v) is 12.6. The molecule has 2 aromatic carbocycles. The Hall–Kier alpha value is -3.08. The Labute approximate surface area is 217 Å². The number of hydrogen-bond acceptors (Lipinski definition) is 7. The lowest BCUT2D eigenvalue weighted by Gasteiger charge is -2.22.